The van der Waals surface area contributed by atoms with Crippen molar-refractivity contribution in [2.24, 2.45) is 0 Å². The van der Waals surface area contributed by atoms with Crippen molar-refractivity contribution in [2.45, 2.75) is 38.7 Å². The van der Waals surface area contributed by atoms with Gasteiger partial charge in [0.1, 0.15) is 5.82 Å². The molecule has 1 aromatic heterocycles. The summed E-state index contributed by atoms with van der Waals surface area (Å²) >= 11 is 0. The molecule has 1 aromatic rings. The van der Waals surface area contributed by atoms with Crippen LogP contribution in [0.15, 0.2) is 18.3 Å². The zero-order valence-electron chi connectivity index (χ0n) is 11.3. The summed E-state index contributed by atoms with van der Waals surface area (Å²) in [7, 11) is 2.06. The first kappa shape index (κ1) is 15.1. The van der Waals surface area contributed by atoms with Gasteiger partial charge in [0, 0.05) is 6.54 Å². The Morgan fingerprint density at radius 3 is 2.72 bits per heavy atom. The highest BCUT2D eigenvalue weighted by molar-refractivity contribution is 5.07. The number of unbranched alkanes of at least 4 members (excludes halogenated alkanes) is 2. The van der Waals surface area contributed by atoms with Crippen molar-refractivity contribution < 1.29 is 9.50 Å². The van der Waals surface area contributed by atoms with Crippen molar-refractivity contribution in [2.75, 3.05) is 20.1 Å². The van der Waals surface area contributed by atoms with Gasteiger partial charge in [-0.05, 0) is 38.6 Å². The lowest BCUT2D eigenvalue weighted by Crippen LogP contribution is -2.22. The van der Waals surface area contributed by atoms with Crippen LogP contribution in [-0.4, -0.2) is 35.1 Å². The van der Waals surface area contributed by atoms with E-state index in [2.05, 4.69) is 23.9 Å². The summed E-state index contributed by atoms with van der Waals surface area (Å²) in [6, 6.07) is 2.87. The Kier molecular flexibility index (Phi) is 6.83. The molecule has 0 spiro atoms. The Morgan fingerprint density at radius 1 is 1.33 bits per heavy atom. The lowest BCUT2D eigenvalue weighted by Gasteiger charge is -2.18. The third-order valence-corrected chi connectivity index (χ3v) is 3.02. The standard InChI is InChI=1S/C14H23FN2O/c1-3-4-5-9-17(2)10-8-14(18)13-7-6-12(15)11-16-13/h6-7,11,14,18H,3-5,8-10H2,1-2H3. The molecule has 1 heterocycles. The van der Waals surface area contributed by atoms with E-state index in [0.29, 0.717) is 12.1 Å². The Hall–Kier alpha value is -1.00. The molecule has 1 unspecified atom stereocenters. The molecule has 3 nitrogen and oxygen atoms in total. The van der Waals surface area contributed by atoms with Crippen molar-refractivity contribution in [1.29, 1.82) is 0 Å². The molecule has 102 valence electrons. The van der Waals surface area contributed by atoms with Crippen LogP contribution in [0.25, 0.3) is 0 Å². The number of hydrogen-bond acceptors (Lipinski definition) is 3. The highest BCUT2D eigenvalue weighted by Gasteiger charge is 2.10. The Labute approximate surface area is 109 Å². The number of nitrogens with zero attached hydrogens (tertiary/aromatic N) is 2. The molecule has 4 heteroatoms. The van der Waals surface area contributed by atoms with Crippen LogP contribution < -0.4 is 0 Å². The minimum Gasteiger partial charge on any atom is -0.387 e. The summed E-state index contributed by atoms with van der Waals surface area (Å²) in [5.74, 6) is -0.373. The van der Waals surface area contributed by atoms with E-state index < -0.39 is 6.10 Å². The Bertz CT molecular complexity index is 329. The average Bonchev–Trinajstić information content (AvgIpc) is 2.37. The summed E-state index contributed by atoms with van der Waals surface area (Å²) in [4.78, 5) is 6.10. The number of aromatic nitrogens is 1. The van der Waals surface area contributed by atoms with Gasteiger partial charge in [0.15, 0.2) is 0 Å². The van der Waals surface area contributed by atoms with Crippen LogP contribution in [0.2, 0.25) is 0 Å². The SMILES string of the molecule is CCCCCN(C)CCC(O)c1ccc(F)cn1. The summed E-state index contributed by atoms with van der Waals surface area (Å²) in [5.41, 5.74) is 0.540. The fraction of sp³-hybridized carbons (Fsp3) is 0.643. The maximum absolute atomic E-state index is 12.7. The Morgan fingerprint density at radius 2 is 2.11 bits per heavy atom. The van der Waals surface area contributed by atoms with E-state index in [0.717, 1.165) is 19.3 Å². The quantitative estimate of drug-likeness (QED) is 0.725. The number of pyridine rings is 1. The number of aliphatic hydroxyl groups is 1. The number of hydrogen-bond donors (Lipinski definition) is 1. The molecule has 0 aromatic carbocycles. The summed E-state index contributed by atoms with van der Waals surface area (Å²) in [5, 5.41) is 9.92. The van der Waals surface area contributed by atoms with Gasteiger partial charge in [0.25, 0.3) is 0 Å². The van der Waals surface area contributed by atoms with E-state index in [9.17, 15) is 9.50 Å². The van der Waals surface area contributed by atoms with Gasteiger partial charge < -0.3 is 10.0 Å². The predicted molar refractivity (Wildman–Crippen MR) is 70.8 cm³/mol. The average molecular weight is 254 g/mol. The lowest BCUT2D eigenvalue weighted by molar-refractivity contribution is 0.144. The van der Waals surface area contributed by atoms with Crippen LogP contribution in [0.3, 0.4) is 0 Å². The second-order valence-electron chi connectivity index (χ2n) is 4.72. The van der Waals surface area contributed by atoms with Crippen LogP contribution in [0, 0.1) is 5.82 Å². The van der Waals surface area contributed by atoms with E-state index >= 15 is 0 Å². The molecular formula is C14H23FN2O. The van der Waals surface area contributed by atoms with Crippen molar-refractivity contribution >= 4 is 0 Å². The van der Waals surface area contributed by atoms with Crippen molar-refractivity contribution in [3.05, 3.63) is 29.8 Å². The molecule has 0 bridgehead atoms. The maximum Gasteiger partial charge on any atom is 0.141 e. The zero-order valence-corrected chi connectivity index (χ0v) is 11.3. The zero-order chi connectivity index (χ0) is 13.4. The van der Waals surface area contributed by atoms with Gasteiger partial charge in [-0.25, -0.2) is 4.39 Å². The van der Waals surface area contributed by atoms with Gasteiger partial charge in [-0.3, -0.25) is 4.98 Å². The van der Waals surface area contributed by atoms with Gasteiger partial charge in [-0.1, -0.05) is 19.8 Å². The van der Waals surface area contributed by atoms with E-state index in [1.165, 1.54) is 31.4 Å². The number of aliphatic hydroxyl groups excluding tert-OH is 1. The first-order valence-electron chi connectivity index (χ1n) is 6.61. The van der Waals surface area contributed by atoms with E-state index in [4.69, 9.17) is 0 Å². The minimum atomic E-state index is -0.612. The van der Waals surface area contributed by atoms with Crippen LogP contribution >= 0.6 is 0 Å². The molecule has 0 aliphatic heterocycles. The largest absolute Gasteiger partial charge is 0.387 e. The molecule has 0 saturated heterocycles. The molecule has 0 saturated carbocycles. The molecular weight excluding hydrogens is 231 g/mol. The number of rotatable bonds is 8. The highest BCUT2D eigenvalue weighted by Crippen LogP contribution is 2.14. The van der Waals surface area contributed by atoms with Crippen molar-refractivity contribution in [3.63, 3.8) is 0 Å². The van der Waals surface area contributed by atoms with Crippen molar-refractivity contribution in [1.82, 2.24) is 9.88 Å². The normalized spacial score (nSPS) is 12.9. The second kappa shape index (κ2) is 8.16. The molecule has 0 aliphatic rings. The van der Waals surface area contributed by atoms with Gasteiger partial charge in [0.2, 0.25) is 0 Å². The van der Waals surface area contributed by atoms with Gasteiger partial charge >= 0.3 is 0 Å². The highest BCUT2D eigenvalue weighted by atomic mass is 19.1. The van der Waals surface area contributed by atoms with E-state index in [-0.39, 0.29) is 5.82 Å². The van der Waals surface area contributed by atoms with Gasteiger partial charge in [-0.15, -0.1) is 0 Å². The van der Waals surface area contributed by atoms with Crippen LogP contribution in [0.4, 0.5) is 4.39 Å². The molecule has 0 aliphatic carbocycles. The molecule has 0 radical (unpaired) electrons. The topological polar surface area (TPSA) is 36.4 Å². The smallest absolute Gasteiger partial charge is 0.141 e. The lowest BCUT2D eigenvalue weighted by atomic mass is 10.1. The summed E-state index contributed by atoms with van der Waals surface area (Å²) < 4.78 is 12.7. The van der Waals surface area contributed by atoms with E-state index in [1.54, 1.807) is 0 Å². The van der Waals surface area contributed by atoms with Crippen LogP contribution in [0.5, 0.6) is 0 Å². The molecule has 0 amide bonds. The van der Waals surface area contributed by atoms with Crippen molar-refractivity contribution in [3.8, 4) is 0 Å². The fourth-order valence-corrected chi connectivity index (χ4v) is 1.82. The monoisotopic (exact) mass is 254 g/mol. The third kappa shape index (κ3) is 5.56. The predicted octanol–water partition coefficient (Wildman–Crippen LogP) is 2.77. The van der Waals surface area contributed by atoms with Crippen LogP contribution in [-0.2, 0) is 0 Å². The molecule has 1 rings (SSSR count). The molecule has 1 N–H and O–H groups in total. The number of halogens is 1. The Balaban J connectivity index is 2.27. The second-order valence-corrected chi connectivity index (χ2v) is 4.72. The molecule has 0 fully saturated rings. The third-order valence-electron chi connectivity index (χ3n) is 3.02. The van der Waals surface area contributed by atoms with Gasteiger partial charge in [-0.2, -0.15) is 0 Å². The first-order valence-corrected chi connectivity index (χ1v) is 6.61. The minimum absolute atomic E-state index is 0.373. The molecule has 18 heavy (non-hydrogen) atoms. The van der Waals surface area contributed by atoms with E-state index in [1.807, 2.05) is 0 Å². The van der Waals surface area contributed by atoms with Crippen LogP contribution in [0.1, 0.15) is 44.4 Å². The maximum atomic E-state index is 12.7. The fourth-order valence-electron chi connectivity index (χ4n) is 1.82. The van der Waals surface area contributed by atoms with Gasteiger partial charge in [0.05, 0.1) is 18.0 Å². The first-order chi connectivity index (χ1) is 8.63. The molecule has 1 atom stereocenters. The summed E-state index contributed by atoms with van der Waals surface area (Å²) in [6.07, 6.45) is 4.81. The summed E-state index contributed by atoms with van der Waals surface area (Å²) in [6.45, 7) is 4.06.